The van der Waals surface area contributed by atoms with Crippen molar-refractivity contribution in [1.29, 1.82) is 0 Å². The molecule has 0 aliphatic rings. The Bertz CT molecular complexity index is 670. The minimum Gasteiger partial charge on any atom is -0.484 e. The van der Waals surface area contributed by atoms with Crippen LogP contribution in [0, 0.1) is 0 Å². The van der Waals surface area contributed by atoms with Gasteiger partial charge in [0.25, 0.3) is 5.91 Å². The lowest BCUT2D eigenvalue weighted by atomic mass is 10.2. The summed E-state index contributed by atoms with van der Waals surface area (Å²) in [6, 6.07) is 11.0. The maximum atomic E-state index is 11.7. The molecule has 23 heavy (non-hydrogen) atoms. The third-order valence-electron chi connectivity index (χ3n) is 3.01. The molecule has 4 nitrogen and oxygen atoms in total. The van der Waals surface area contributed by atoms with Crippen LogP contribution in [0.2, 0.25) is 5.02 Å². The van der Waals surface area contributed by atoms with Crippen molar-refractivity contribution >= 4 is 35.1 Å². The second kappa shape index (κ2) is 9.33. The predicted molar refractivity (Wildman–Crippen MR) is 95.6 cm³/mol. The fraction of sp³-hybridized carbons (Fsp3) is 0.294. The quantitative estimate of drug-likeness (QED) is 0.571. The molecule has 1 aromatic carbocycles. The van der Waals surface area contributed by atoms with Crippen LogP contribution in [0.3, 0.4) is 0 Å². The lowest BCUT2D eigenvalue weighted by molar-refractivity contribution is -0.123. The maximum absolute atomic E-state index is 11.7. The topological polar surface area (TPSA) is 50.7 Å². The minimum absolute atomic E-state index is 0.107. The number of aryl methyl sites for hydroxylation is 1. The average Bonchev–Trinajstić information content (AvgIpc) is 2.99. The van der Waals surface area contributed by atoms with Gasteiger partial charge in [0.15, 0.2) is 6.61 Å². The van der Waals surface area contributed by atoms with Gasteiger partial charge in [0.2, 0.25) is 0 Å². The van der Waals surface area contributed by atoms with Crippen LogP contribution in [-0.2, 0) is 11.2 Å². The molecule has 0 radical (unpaired) electrons. The highest BCUT2D eigenvalue weighted by Crippen LogP contribution is 2.17. The zero-order chi connectivity index (χ0) is 16.5. The van der Waals surface area contributed by atoms with E-state index in [1.165, 1.54) is 17.7 Å². The molecule has 1 aromatic heterocycles. The van der Waals surface area contributed by atoms with E-state index in [2.05, 4.69) is 23.5 Å². The fourth-order valence-electron chi connectivity index (χ4n) is 1.86. The van der Waals surface area contributed by atoms with Crippen molar-refractivity contribution in [3.8, 4) is 5.75 Å². The molecule has 122 valence electrons. The number of nitrogens with zero attached hydrogens (tertiary/aromatic N) is 1. The number of nitrogens with one attached hydrogen (secondary N) is 1. The van der Waals surface area contributed by atoms with Gasteiger partial charge in [0.1, 0.15) is 5.75 Å². The number of carbonyl (C=O) groups is 1. The van der Waals surface area contributed by atoms with Gasteiger partial charge in [-0.25, -0.2) is 5.43 Å². The molecule has 1 N–H and O–H groups in total. The molecule has 0 spiro atoms. The maximum Gasteiger partial charge on any atom is 0.277 e. The van der Waals surface area contributed by atoms with E-state index < -0.39 is 0 Å². The van der Waals surface area contributed by atoms with Crippen LogP contribution in [0.15, 0.2) is 41.5 Å². The summed E-state index contributed by atoms with van der Waals surface area (Å²) >= 11 is 7.53. The molecule has 1 heterocycles. The van der Waals surface area contributed by atoms with E-state index in [1.54, 1.807) is 41.8 Å². The Morgan fingerprint density at radius 2 is 2.26 bits per heavy atom. The van der Waals surface area contributed by atoms with Crippen LogP contribution in [0.25, 0.3) is 0 Å². The number of rotatable bonds is 8. The van der Waals surface area contributed by atoms with Crippen LogP contribution in [0.4, 0.5) is 0 Å². The standard InChI is InChI=1S/C17H19ClN2O2S/c1-2-3-7-15-8-9-16(23-15)11-19-20-17(21)12-22-14-6-4-5-13(18)10-14/h4-6,8-11H,2-3,7,12H2,1H3,(H,20,21). The summed E-state index contributed by atoms with van der Waals surface area (Å²) in [6.45, 7) is 2.07. The fourth-order valence-corrected chi connectivity index (χ4v) is 2.96. The van der Waals surface area contributed by atoms with E-state index in [0.717, 1.165) is 11.3 Å². The molecule has 0 atom stereocenters. The van der Waals surface area contributed by atoms with Crippen molar-refractivity contribution in [2.75, 3.05) is 6.61 Å². The third-order valence-corrected chi connectivity index (χ3v) is 4.32. The Morgan fingerprint density at radius 3 is 3.04 bits per heavy atom. The highest BCUT2D eigenvalue weighted by atomic mass is 35.5. The van der Waals surface area contributed by atoms with E-state index in [4.69, 9.17) is 16.3 Å². The van der Waals surface area contributed by atoms with Gasteiger partial charge in [-0.3, -0.25) is 4.79 Å². The SMILES string of the molecule is CCCCc1ccc(C=NNC(=O)COc2cccc(Cl)c2)s1. The van der Waals surface area contributed by atoms with Gasteiger partial charge >= 0.3 is 0 Å². The number of ether oxygens (including phenoxy) is 1. The normalized spacial score (nSPS) is 10.9. The van der Waals surface area contributed by atoms with E-state index in [1.807, 2.05) is 6.07 Å². The zero-order valence-electron chi connectivity index (χ0n) is 12.9. The highest BCUT2D eigenvalue weighted by Gasteiger charge is 2.02. The predicted octanol–water partition coefficient (Wildman–Crippen LogP) is 4.27. The van der Waals surface area contributed by atoms with Gasteiger partial charge in [0, 0.05) is 14.8 Å². The number of carbonyl (C=O) groups excluding carboxylic acids is 1. The lowest BCUT2D eigenvalue weighted by Crippen LogP contribution is -2.24. The Hall–Kier alpha value is -1.85. The Balaban J connectivity index is 1.74. The number of unbranched alkanes of at least 4 members (excludes halogenated alkanes) is 1. The van der Waals surface area contributed by atoms with E-state index >= 15 is 0 Å². The van der Waals surface area contributed by atoms with Crippen LogP contribution >= 0.6 is 22.9 Å². The Labute approximate surface area is 145 Å². The molecule has 0 fully saturated rings. The van der Waals surface area contributed by atoms with Crippen LogP contribution in [0.1, 0.15) is 29.5 Å². The van der Waals surface area contributed by atoms with Gasteiger partial charge in [0.05, 0.1) is 6.21 Å². The number of hydrogen-bond donors (Lipinski definition) is 1. The molecule has 2 rings (SSSR count). The van der Waals surface area contributed by atoms with Crippen molar-refractivity contribution in [1.82, 2.24) is 5.43 Å². The third kappa shape index (κ3) is 6.42. The zero-order valence-corrected chi connectivity index (χ0v) is 14.5. The number of thiophene rings is 1. The summed E-state index contributed by atoms with van der Waals surface area (Å²) in [6.07, 6.45) is 5.12. The van der Waals surface area contributed by atoms with Crippen LogP contribution in [-0.4, -0.2) is 18.7 Å². The second-order valence-corrected chi connectivity index (χ2v) is 6.58. The highest BCUT2D eigenvalue weighted by molar-refractivity contribution is 7.13. The second-order valence-electron chi connectivity index (χ2n) is 4.95. The molecule has 0 unspecified atom stereocenters. The van der Waals surface area contributed by atoms with Gasteiger partial charge in [-0.05, 0) is 43.2 Å². The molecule has 0 bridgehead atoms. The van der Waals surface area contributed by atoms with E-state index in [-0.39, 0.29) is 12.5 Å². The average molecular weight is 351 g/mol. The van der Waals surface area contributed by atoms with Crippen molar-refractivity contribution in [2.24, 2.45) is 5.10 Å². The van der Waals surface area contributed by atoms with Gasteiger partial charge < -0.3 is 4.74 Å². The molecular formula is C17H19ClN2O2S. The summed E-state index contributed by atoms with van der Waals surface area (Å²) < 4.78 is 5.33. The monoisotopic (exact) mass is 350 g/mol. The number of benzene rings is 1. The number of amides is 1. The van der Waals surface area contributed by atoms with Crippen molar-refractivity contribution in [2.45, 2.75) is 26.2 Å². The first-order valence-electron chi connectivity index (χ1n) is 7.46. The van der Waals surface area contributed by atoms with E-state index in [0.29, 0.717) is 10.8 Å². The van der Waals surface area contributed by atoms with Crippen molar-refractivity contribution in [3.05, 3.63) is 51.2 Å². The Morgan fingerprint density at radius 1 is 1.39 bits per heavy atom. The molecule has 0 saturated carbocycles. The summed E-state index contributed by atoms with van der Waals surface area (Å²) in [5.74, 6) is 0.236. The Kier molecular flexibility index (Phi) is 7.10. The number of halogens is 1. The summed E-state index contributed by atoms with van der Waals surface area (Å²) in [5.41, 5.74) is 2.45. The first kappa shape index (κ1) is 17.5. The largest absolute Gasteiger partial charge is 0.484 e. The first-order valence-corrected chi connectivity index (χ1v) is 8.66. The molecule has 0 saturated heterocycles. The molecular weight excluding hydrogens is 332 g/mol. The lowest BCUT2D eigenvalue weighted by Gasteiger charge is -2.04. The summed E-state index contributed by atoms with van der Waals surface area (Å²) in [4.78, 5) is 14.0. The molecule has 1 amide bonds. The first-order chi connectivity index (χ1) is 11.2. The summed E-state index contributed by atoms with van der Waals surface area (Å²) in [7, 11) is 0. The van der Waals surface area contributed by atoms with Crippen molar-refractivity contribution in [3.63, 3.8) is 0 Å². The van der Waals surface area contributed by atoms with Gasteiger partial charge in [-0.15, -0.1) is 11.3 Å². The molecule has 2 aromatic rings. The van der Waals surface area contributed by atoms with Crippen LogP contribution < -0.4 is 10.2 Å². The van der Waals surface area contributed by atoms with Gasteiger partial charge in [-0.1, -0.05) is 31.0 Å². The smallest absolute Gasteiger partial charge is 0.277 e. The molecule has 6 heteroatoms. The van der Waals surface area contributed by atoms with E-state index in [9.17, 15) is 4.79 Å². The van der Waals surface area contributed by atoms with Gasteiger partial charge in [-0.2, -0.15) is 5.10 Å². The summed E-state index contributed by atoms with van der Waals surface area (Å²) in [5, 5.41) is 4.51. The molecule has 0 aliphatic carbocycles. The number of hydrogen-bond acceptors (Lipinski definition) is 4. The van der Waals surface area contributed by atoms with Crippen LogP contribution in [0.5, 0.6) is 5.75 Å². The minimum atomic E-state index is -0.316. The molecule has 0 aliphatic heterocycles. The van der Waals surface area contributed by atoms with Crippen molar-refractivity contribution < 1.29 is 9.53 Å². The number of hydrazone groups is 1.